The fourth-order valence-electron chi connectivity index (χ4n) is 3.09. The molecule has 18 heavy (non-hydrogen) atoms. The van der Waals surface area contributed by atoms with Crippen molar-refractivity contribution in [1.29, 1.82) is 0 Å². The molecule has 0 bridgehead atoms. The monoisotopic (exact) mass is 254 g/mol. The van der Waals surface area contributed by atoms with Gasteiger partial charge in [0.15, 0.2) is 0 Å². The number of hydrogen-bond donors (Lipinski definition) is 0. The van der Waals surface area contributed by atoms with Crippen molar-refractivity contribution in [3.63, 3.8) is 0 Å². The lowest BCUT2D eigenvalue weighted by Crippen LogP contribution is -2.33. The van der Waals surface area contributed by atoms with Crippen LogP contribution in [0.4, 0.5) is 0 Å². The molecule has 0 spiro atoms. The van der Waals surface area contributed by atoms with Gasteiger partial charge in [0.1, 0.15) is 5.78 Å². The van der Waals surface area contributed by atoms with Crippen molar-refractivity contribution < 1.29 is 14.3 Å². The minimum Gasteiger partial charge on any atom is -0.469 e. The normalized spacial score (nSPS) is 28.2. The molecule has 0 aromatic heterocycles. The van der Waals surface area contributed by atoms with Gasteiger partial charge < -0.3 is 4.74 Å². The Morgan fingerprint density at radius 3 is 2.44 bits per heavy atom. The Morgan fingerprint density at radius 2 is 1.89 bits per heavy atom. The first-order chi connectivity index (χ1) is 8.45. The first-order valence-corrected chi connectivity index (χ1v) is 7.05. The Labute approximate surface area is 110 Å². The minimum atomic E-state index is -0.284. The van der Waals surface area contributed by atoms with Crippen molar-refractivity contribution in [2.45, 2.75) is 52.9 Å². The van der Waals surface area contributed by atoms with E-state index in [0.29, 0.717) is 24.2 Å². The molecule has 3 atom stereocenters. The van der Waals surface area contributed by atoms with Crippen LogP contribution in [0.3, 0.4) is 0 Å². The molecule has 0 heterocycles. The quantitative estimate of drug-likeness (QED) is 0.707. The van der Waals surface area contributed by atoms with E-state index in [0.717, 1.165) is 12.8 Å². The number of hydrogen-bond acceptors (Lipinski definition) is 3. The van der Waals surface area contributed by atoms with Gasteiger partial charge in [-0.1, -0.05) is 27.2 Å². The summed E-state index contributed by atoms with van der Waals surface area (Å²) >= 11 is 0. The van der Waals surface area contributed by atoms with Gasteiger partial charge in [0.05, 0.1) is 13.5 Å². The molecule has 1 aliphatic rings. The predicted molar refractivity (Wildman–Crippen MR) is 71.1 cm³/mol. The second-order valence-electron chi connectivity index (χ2n) is 5.98. The summed E-state index contributed by atoms with van der Waals surface area (Å²) in [5, 5.41) is 0. The zero-order valence-electron chi connectivity index (χ0n) is 12.1. The van der Waals surface area contributed by atoms with E-state index in [9.17, 15) is 9.59 Å². The van der Waals surface area contributed by atoms with E-state index in [1.54, 1.807) is 0 Å². The number of methoxy groups -OCH3 is 1. The molecule has 3 nitrogen and oxygen atoms in total. The van der Waals surface area contributed by atoms with Crippen LogP contribution in [0.25, 0.3) is 0 Å². The van der Waals surface area contributed by atoms with Crippen molar-refractivity contribution in [2.24, 2.45) is 23.7 Å². The number of carbonyl (C=O) groups excluding carboxylic acids is 2. The van der Waals surface area contributed by atoms with Crippen LogP contribution in [0, 0.1) is 23.7 Å². The van der Waals surface area contributed by atoms with E-state index in [4.69, 9.17) is 0 Å². The van der Waals surface area contributed by atoms with Gasteiger partial charge in [0.25, 0.3) is 0 Å². The van der Waals surface area contributed by atoms with Crippen LogP contribution >= 0.6 is 0 Å². The molecule has 1 rings (SSSR count). The second kappa shape index (κ2) is 6.91. The summed E-state index contributed by atoms with van der Waals surface area (Å²) < 4.78 is 4.59. The molecular weight excluding hydrogens is 228 g/mol. The van der Waals surface area contributed by atoms with Gasteiger partial charge in [0, 0.05) is 12.3 Å². The highest BCUT2D eigenvalue weighted by molar-refractivity contribution is 5.85. The predicted octanol–water partition coefficient (Wildman–Crippen LogP) is 3.22. The second-order valence-corrected chi connectivity index (χ2v) is 5.98. The van der Waals surface area contributed by atoms with Crippen LogP contribution < -0.4 is 0 Å². The van der Waals surface area contributed by atoms with Gasteiger partial charge in [-0.25, -0.2) is 0 Å². The van der Waals surface area contributed by atoms with Crippen molar-refractivity contribution in [1.82, 2.24) is 0 Å². The molecule has 0 radical (unpaired) electrons. The lowest BCUT2D eigenvalue weighted by Gasteiger charge is -2.36. The van der Waals surface area contributed by atoms with Crippen LogP contribution in [0.1, 0.15) is 52.9 Å². The van der Waals surface area contributed by atoms with Gasteiger partial charge in [-0.3, -0.25) is 9.59 Å². The Hall–Kier alpha value is -0.860. The molecule has 0 aromatic rings. The molecule has 3 heteroatoms. The molecule has 0 amide bonds. The van der Waals surface area contributed by atoms with E-state index in [-0.39, 0.29) is 24.1 Å². The number of carbonyl (C=O) groups is 2. The lowest BCUT2D eigenvalue weighted by atomic mass is 9.68. The molecule has 0 saturated heterocycles. The van der Waals surface area contributed by atoms with E-state index < -0.39 is 0 Å². The highest BCUT2D eigenvalue weighted by Gasteiger charge is 2.34. The highest BCUT2D eigenvalue weighted by atomic mass is 16.5. The third-order valence-corrected chi connectivity index (χ3v) is 4.24. The summed E-state index contributed by atoms with van der Waals surface area (Å²) in [5.74, 6) is 1.79. The van der Waals surface area contributed by atoms with Crippen LogP contribution in [0.2, 0.25) is 0 Å². The number of ketones is 1. The SMILES string of the molecule is COC(=O)CCC(=O)C1CC(C)CCC1C(C)C. The highest BCUT2D eigenvalue weighted by Crippen LogP contribution is 2.39. The Bertz CT molecular complexity index is 296. The lowest BCUT2D eigenvalue weighted by molar-refractivity contribution is -0.142. The maximum absolute atomic E-state index is 12.3. The zero-order valence-corrected chi connectivity index (χ0v) is 12.1. The zero-order chi connectivity index (χ0) is 13.7. The van der Waals surface area contributed by atoms with E-state index in [2.05, 4.69) is 25.5 Å². The Balaban J connectivity index is 2.58. The summed E-state index contributed by atoms with van der Waals surface area (Å²) in [5.41, 5.74) is 0. The van der Waals surface area contributed by atoms with Crippen molar-refractivity contribution >= 4 is 11.8 Å². The van der Waals surface area contributed by atoms with Gasteiger partial charge in [-0.05, 0) is 30.6 Å². The Kier molecular flexibility index (Phi) is 5.83. The van der Waals surface area contributed by atoms with E-state index in [1.807, 2.05) is 0 Å². The molecule has 0 aromatic carbocycles. The van der Waals surface area contributed by atoms with Gasteiger partial charge in [-0.15, -0.1) is 0 Å². The number of rotatable bonds is 5. The van der Waals surface area contributed by atoms with Gasteiger partial charge in [0.2, 0.25) is 0 Å². The standard InChI is InChI=1S/C15H26O3/c1-10(2)12-6-5-11(3)9-13(12)14(16)7-8-15(17)18-4/h10-13H,5-9H2,1-4H3. The number of ether oxygens (including phenoxy) is 1. The maximum Gasteiger partial charge on any atom is 0.305 e. The smallest absolute Gasteiger partial charge is 0.305 e. The van der Waals surface area contributed by atoms with Gasteiger partial charge in [-0.2, -0.15) is 0 Å². The number of esters is 1. The largest absolute Gasteiger partial charge is 0.469 e. The summed E-state index contributed by atoms with van der Waals surface area (Å²) in [7, 11) is 1.37. The van der Waals surface area contributed by atoms with Crippen molar-refractivity contribution in [3.05, 3.63) is 0 Å². The van der Waals surface area contributed by atoms with Crippen LogP contribution in [0.15, 0.2) is 0 Å². The average Bonchev–Trinajstić information content (AvgIpc) is 2.34. The first-order valence-electron chi connectivity index (χ1n) is 7.05. The van der Waals surface area contributed by atoms with Crippen LogP contribution in [-0.4, -0.2) is 18.9 Å². The molecular formula is C15H26O3. The van der Waals surface area contributed by atoms with E-state index >= 15 is 0 Å². The molecule has 1 fully saturated rings. The van der Waals surface area contributed by atoms with Crippen molar-refractivity contribution in [2.75, 3.05) is 7.11 Å². The van der Waals surface area contributed by atoms with Crippen molar-refractivity contribution in [3.8, 4) is 0 Å². The molecule has 0 N–H and O–H groups in total. The summed E-state index contributed by atoms with van der Waals surface area (Å²) in [6.45, 7) is 6.61. The third-order valence-electron chi connectivity index (χ3n) is 4.24. The summed E-state index contributed by atoms with van der Waals surface area (Å²) in [4.78, 5) is 23.4. The molecule has 3 unspecified atom stereocenters. The molecule has 104 valence electrons. The minimum absolute atomic E-state index is 0.151. The first kappa shape index (κ1) is 15.2. The topological polar surface area (TPSA) is 43.4 Å². The summed E-state index contributed by atoms with van der Waals surface area (Å²) in [6, 6.07) is 0. The number of Topliss-reactive ketones (excluding diaryl/α,β-unsaturated/α-hetero) is 1. The molecule has 1 saturated carbocycles. The molecule has 0 aliphatic heterocycles. The fraction of sp³-hybridized carbons (Fsp3) is 0.867. The fourth-order valence-corrected chi connectivity index (χ4v) is 3.09. The molecule has 1 aliphatic carbocycles. The van der Waals surface area contributed by atoms with Crippen LogP contribution in [-0.2, 0) is 14.3 Å². The van der Waals surface area contributed by atoms with Gasteiger partial charge >= 0.3 is 5.97 Å². The maximum atomic E-state index is 12.3. The summed E-state index contributed by atoms with van der Waals surface area (Å²) in [6.07, 6.45) is 3.93. The van der Waals surface area contributed by atoms with Crippen LogP contribution in [0.5, 0.6) is 0 Å². The Morgan fingerprint density at radius 1 is 1.22 bits per heavy atom. The van der Waals surface area contributed by atoms with E-state index in [1.165, 1.54) is 13.5 Å². The average molecular weight is 254 g/mol. The third kappa shape index (κ3) is 4.11.